The number of nitrogens with zero attached hydrogens (tertiary/aromatic N) is 2. The van der Waals surface area contributed by atoms with Crippen LogP contribution in [0.2, 0.25) is 0 Å². The number of hydrogen-bond donors (Lipinski definition) is 1. The summed E-state index contributed by atoms with van der Waals surface area (Å²) in [6.45, 7) is 2.56. The Morgan fingerprint density at radius 1 is 1.00 bits per heavy atom. The van der Waals surface area contributed by atoms with Gasteiger partial charge in [0.15, 0.2) is 6.61 Å². The summed E-state index contributed by atoms with van der Waals surface area (Å²) in [6.07, 6.45) is 2.36. The van der Waals surface area contributed by atoms with Crippen LogP contribution < -0.4 is 10.1 Å². The van der Waals surface area contributed by atoms with Gasteiger partial charge in [0.1, 0.15) is 12.3 Å². The molecule has 0 aromatic heterocycles. The van der Waals surface area contributed by atoms with E-state index in [-0.39, 0.29) is 29.9 Å². The van der Waals surface area contributed by atoms with Crippen molar-refractivity contribution in [1.29, 1.82) is 0 Å². The van der Waals surface area contributed by atoms with Crippen LogP contribution in [0.4, 0.5) is 10.5 Å². The van der Waals surface area contributed by atoms with Crippen LogP contribution in [-0.2, 0) is 27.3 Å². The lowest BCUT2D eigenvalue weighted by Crippen LogP contribution is -2.44. The molecule has 0 spiro atoms. The summed E-state index contributed by atoms with van der Waals surface area (Å²) in [4.78, 5) is 53.5. The topological polar surface area (TPSA) is 96.0 Å². The fourth-order valence-corrected chi connectivity index (χ4v) is 5.30. The molecule has 9 heteroatoms. The van der Waals surface area contributed by atoms with Crippen molar-refractivity contribution in [2.24, 2.45) is 0 Å². The number of fused-ring (bicyclic) bond motifs is 1. The highest BCUT2D eigenvalue weighted by Gasteiger charge is 2.37. The molecule has 1 fully saturated rings. The van der Waals surface area contributed by atoms with E-state index in [4.69, 9.17) is 4.74 Å². The molecule has 1 N–H and O–H groups in total. The number of nitrogens with one attached hydrogen (secondary N) is 1. The van der Waals surface area contributed by atoms with Crippen LogP contribution >= 0.6 is 11.8 Å². The summed E-state index contributed by atoms with van der Waals surface area (Å²) in [5, 5.41) is 2.33. The zero-order chi connectivity index (χ0) is 27.4. The number of benzene rings is 3. The maximum absolute atomic E-state index is 12.9. The average molecular weight is 542 g/mol. The Morgan fingerprint density at radius 3 is 2.54 bits per heavy atom. The Morgan fingerprint density at radius 2 is 1.77 bits per heavy atom. The second-order valence-electron chi connectivity index (χ2n) is 9.38. The quantitative estimate of drug-likeness (QED) is 0.438. The van der Waals surface area contributed by atoms with E-state index in [1.54, 1.807) is 35.2 Å². The zero-order valence-electron chi connectivity index (χ0n) is 21.4. The molecule has 1 saturated heterocycles. The average Bonchev–Trinajstić information content (AvgIpc) is 3.19. The number of thioether (sulfide) groups is 1. The first-order valence-corrected chi connectivity index (χ1v) is 13.4. The highest BCUT2D eigenvalue weighted by molar-refractivity contribution is 8.18. The third-order valence-corrected chi connectivity index (χ3v) is 7.41. The lowest BCUT2D eigenvalue weighted by molar-refractivity contribution is -0.136. The summed E-state index contributed by atoms with van der Waals surface area (Å²) in [5.41, 5.74) is 4.75. The van der Waals surface area contributed by atoms with Crippen molar-refractivity contribution in [1.82, 2.24) is 9.80 Å². The van der Waals surface area contributed by atoms with Crippen LogP contribution in [0, 0.1) is 6.92 Å². The predicted molar refractivity (Wildman–Crippen MR) is 150 cm³/mol. The standard InChI is InChI=1S/C30H27N3O5S/c1-20-5-4-8-24(15-20)31-27(34)19-38-25-11-9-21(10-12-25)16-26-29(36)33(30(37)39-26)18-28(35)32-14-13-22-6-2-3-7-23(22)17-32/h2-12,15-16H,13-14,17-19H2,1H3,(H,31,34)/b26-16+. The van der Waals surface area contributed by atoms with E-state index >= 15 is 0 Å². The molecular weight excluding hydrogens is 514 g/mol. The van der Waals surface area contributed by atoms with Crippen LogP contribution in [-0.4, -0.2) is 52.5 Å². The minimum atomic E-state index is -0.482. The number of anilines is 1. The van der Waals surface area contributed by atoms with Gasteiger partial charge in [0.05, 0.1) is 4.91 Å². The molecule has 0 atom stereocenters. The van der Waals surface area contributed by atoms with Crippen molar-refractivity contribution in [3.63, 3.8) is 0 Å². The van der Waals surface area contributed by atoms with Gasteiger partial charge in [-0.15, -0.1) is 0 Å². The van der Waals surface area contributed by atoms with E-state index < -0.39 is 11.1 Å². The van der Waals surface area contributed by atoms with Gasteiger partial charge in [0.25, 0.3) is 17.1 Å². The van der Waals surface area contributed by atoms with Gasteiger partial charge in [-0.25, -0.2) is 0 Å². The number of carbonyl (C=O) groups is 4. The number of carbonyl (C=O) groups excluding carboxylic acids is 4. The molecule has 198 valence electrons. The molecule has 0 radical (unpaired) electrons. The first-order valence-electron chi connectivity index (χ1n) is 12.5. The molecule has 2 heterocycles. The highest BCUT2D eigenvalue weighted by Crippen LogP contribution is 2.32. The molecule has 3 aromatic rings. The SMILES string of the molecule is Cc1cccc(NC(=O)COc2ccc(/C=C3/SC(=O)N(CC(=O)N4CCc5ccccc5C4)C3=O)cc2)c1. The predicted octanol–water partition coefficient (Wildman–Crippen LogP) is 4.63. The number of ether oxygens (including phenoxy) is 1. The summed E-state index contributed by atoms with van der Waals surface area (Å²) in [5.74, 6) is -0.514. The van der Waals surface area contributed by atoms with Gasteiger partial charge in [0.2, 0.25) is 5.91 Å². The Kier molecular flexibility index (Phi) is 7.79. The van der Waals surface area contributed by atoms with Crippen molar-refractivity contribution in [2.75, 3.05) is 25.0 Å². The summed E-state index contributed by atoms with van der Waals surface area (Å²) < 4.78 is 5.56. The number of amides is 4. The number of hydrogen-bond acceptors (Lipinski definition) is 6. The number of aryl methyl sites for hydroxylation is 1. The highest BCUT2D eigenvalue weighted by atomic mass is 32.2. The van der Waals surface area contributed by atoms with Gasteiger partial charge in [-0.3, -0.25) is 24.1 Å². The Bertz CT molecular complexity index is 1470. The lowest BCUT2D eigenvalue weighted by Gasteiger charge is -2.29. The van der Waals surface area contributed by atoms with E-state index in [1.807, 2.05) is 49.4 Å². The summed E-state index contributed by atoms with van der Waals surface area (Å²) >= 11 is 0.818. The molecule has 5 rings (SSSR count). The Labute approximate surface area is 230 Å². The van der Waals surface area contributed by atoms with E-state index in [2.05, 4.69) is 11.4 Å². The molecular formula is C30H27N3O5S. The minimum Gasteiger partial charge on any atom is -0.484 e. The summed E-state index contributed by atoms with van der Waals surface area (Å²) in [6, 6.07) is 22.3. The normalized spacial score (nSPS) is 15.9. The molecule has 8 nitrogen and oxygen atoms in total. The molecule has 4 amide bonds. The molecule has 0 saturated carbocycles. The largest absolute Gasteiger partial charge is 0.484 e. The number of rotatable bonds is 7. The van der Waals surface area contributed by atoms with E-state index in [9.17, 15) is 19.2 Å². The van der Waals surface area contributed by atoms with Crippen molar-refractivity contribution < 1.29 is 23.9 Å². The molecule has 39 heavy (non-hydrogen) atoms. The van der Waals surface area contributed by atoms with Crippen LogP contribution in [0.25, 0.3) is 6.08 Å². The monoisotopic (exact) mass is 541 g/mol. The molecule has 0 unspecified atom stereocenters. The smallest absolute Gasteiger partial charge is 0.294 e. The van der Waals surface area contributed by atoms with Crippen LogP contribution in [0.1, 0.15) is 22.3 Å². The van der Waals surface area contributed by atoms with Crippen molar-refractivity contribution in [3.8, 4) is 5.75 Å². The van der Waals surface area contributed by atoms with Gasteiger partial charge < -0.3 is 15.0 Å². The first-order chi connectivity index (χ1) is 18.9. The third-order valence-electron chi connectivity index (χ3n) is 6.50. The molecule has 3 aromatic carbocycles. The van der Waals surface area contributed by atoms with Crippen LogP contribution in [0.3, 0.4) is 0 Å². The third kappa shape index (κ3) is 6.38. The van der Waals surface area contributed by atoms with E-state index in [1.165, 1.54) is 5.56 Å². The van der Waals surface area contributed by atoms with Crippen LogP contribution in [0.5, 0.6) is 5.75 Å². The van der Waals surface area contributed by atoms with Gasteiger partial charge in [-0.05, 0) is 77.7 Å². The molecule has 2 aliphatic heterocycles. The fourth-order valence-electron chi connectivity index (χ4n) is 4.46. The maximum atomic E-state index is 12.9. The zero-order valence-corrected chi connectivity index (χ0v) is 22.2. The van der Waals surface area contributed by atoms with Gasteiger partial charge >= 0.3 is 0 Å². The van der Waals surface area contributed by atoms with Gasteiger partial charge in [-0.2, -0.15) is 0 Å². The molecule has 0 bridgehead atoms. The van der Waals surface area contributed by atoms with Crippen LogP contribution in [0.15, 0.2) is 77.7 Å². The van der Waals surface area contributed by atoms with Gasteiger partial charge in [-0.1, -0.05) is 48.5 Å². The Hall–Kier alpha value is -4.37. The maximum Gasteiger partial charge on any atom is 0.294 e. The van der Waals surface area contributed by atoms with E-state index in [0.717, 1.165) is 34.2 Å². The van der Waals surface area contributed by atoms with Gasteiger partial charge in [0, 0.05) is 18.8 Å². The molecule has 2 aliphatic rings. The van der Waals surface area contributed by atoms with Crippen molar-refractivity contribution >= 4 is 46.5 Å². The fraction of sp³-hybridized carbons (Fsp3) is 0.200. The minimum absolute atomic E-state index is 0.150. The molecule has 0 aliphatic carbocycles. The van der Waals surface area contributed by atoms with E-state index in [0.29, 0.717) is 30.1 Å². The summed E-state index contributed by atoms with van der Waals surface area (Å²) in [7, 11) is 0. The second kappa shape index (κ2) is 11.6. The number of imide groups is 1. The first kappa shape index (κ1) is 26.2. The second-order valence-corrected chi connectivity index (χ2v) is 10.4. The van der Waals surface area contributed by atoms with Crippen molar-refractivity contribution in [3.05, 3.63) is 100.0 Å². The Balaban J connectivity index is 1.15. The lowest BCUT2D eigenvalue weighted by atomic mass is 10.00. The van der Waals surface area contributed by atoms with Crippen molar-refractivity contribution in [2.45, 2.75) is 19.9 Å².